The van der Waals surface area contributed by atoms with Crippen molar-refractivity contribution in [3.05, 3.63) is 53.5 Å². The average molecular weight is 375 g/mol. The molecule has 9 heteroatoms. The first kappa shape index (κ1) is 19.6. The Morgan fingerprint density at radius 1 is 1.15 bits per heavy atom. The van der Waals surface area contributed by atoms with Gasteiger partial charge in [-0.3, -0.25) is 0 Å². The van der Waals surface area contributed by atoms with Crippen molar-refractivity contribution in [1.82, 2.24) is 4.98 Å². The number of halogens is 5. The molecular weight excluding hydrogens is 361 g/mol. The van der Waals surface area contributed by atoms with Gasteiger partial charge in [0.15, 0.2) is 5.82 Å². The Balaban J connectivity index is 2.18. The number of nitrogens with zero attached hydrogens (tertiary/aromatic N) is 1. The lowest BCUT2D eigenvalue weighted by molar-refractivity contribution is -0.204. The highest BCUT2D eigenvalue weighted by atomic mass is 19.3. The van der Waals surface area contributed by atoms with E-state index in [0.29, 0.717) is 0 Å². The minimum absolute atomic E-state index is 0.0979. The van der Waals surface area contributed by atoms with Gasteiger partial charge in [-0.25, -0.2) is 14.2 Å². The largest absolute Gasteiger partial charge is 0.462 e. The Hall–Kier alpha value is -2.71. The summed E-state index contributed by atoms with van der Waals surface area (Å²) in [6, 6.07) is 4.31. The number of benzene rings is 1. The summed E-state index contributed by atoms with van der Waals surface area (Å²) in [5.41, 5.74) is -1.04. The van der Waals surface area contributed by atoms with Crippen molar-refractivity contribution in [2.24, 2.45) is 0 Å². The van der Waals surface area contributed by atoms with Crippen molar-refractivity contribution in [3.63, 3.8) is 0 Å². The first-order valence-corrected chi connectivity index (χ1v) is 7.43. The first-order valence-electron chi connectivity index (χ1n) is 7.43. The highest BCUT2D eigenvalue weighted by Gasteiger charge is 2.53. The van der Waals surface area contributed by atoms with Gasteiger partial charge in [0.1, 0.15) is 5.75 Å². The number of hydrogen-bond acceptors (Lipinski definition) is 4. The monoisotopic (exact) mass is 375 g/mol. The highest BCUT2D eigenvalue weighted by Crippen LogP contribution is 2.42. The van der Waals surface area contributed by atoms with Crippen LogP contribution in [0, 0.1) is 5.82 Å². The third-order valence-electron chi connectivity index (χ3n) is 3.30. The maximum Gasteiger partial charge on any atom is 0.339 e. The Morgan fingerprint density at radius 2 is 1.77 bits per heavy atom. The third kappa shape index (κ3) is 4.09. The zero-order valence-electron chi connectivity index (χ0n) is 13.7. The lowest BCUT2D eigenvalue weighted by Gasteiger charge is -2.23. The summed E-state index contributed by atoms with van der Waals surface area (Å²) in [6.07, 6.45) is 1.02. The molecule has 1 aromatic heterocycles. The standard InChI is InChI=1S/C17H14F5NO3/c1-3-25-15(24)10-8-13(18)14(23-9-10)26-12-6-4-11(5-7-12)17(21,22)16(2,19)20/h4-9H,3H2,1-2H3. The molecule has 0 fully saturated rings. The predicted octanol–water partition coefficient (Wildman–Crippen LogP) is 4.94. The molecule has 140 valence electrons. The van der Waals surface area contributed by atoms with Gasteiger partial charge in [0, 0.05) is 18.7 Å². The van der Waals surface area contributed by atoms with Gasteiger partial charge in [-0.1, -0.05) is 0 Å². The molecule has 0 aliphatic carbocycles. The van der Waals surface area contributed by atoms with E-state index in [2.05, 4.69) is 4.98 Å². The lowest BCUT2D eigenvalue weighted by atomic mass is 10.0. The predicted molar refractivity (Wildman–Crippen MR) is 81.2 cm³/mol. The Morgan fingerprint density at radius 3 is 2.27 bits per heavy atom. The van der Waals surface area contributed by atoms with Crippen LogP contribution in [0.25, 0.3) is 0 Å². The van der Waals surface area contributed by atoms with Gasteiger partial charge < -0.3 is 9.47 Å². The van der Waals surface area contributed by atoms with Crippen LogP contribution in [-0.2, 0) is 10.7 Å². The van der Waals surface area contributed by atoms with Crippen molar-refractivity contribution >= 4 is 5.97 Å². The van der Waals surface area contributed by atoms with Crippen LogP contribution in [0.15, 0.2) is 36.5 Å². The van der Waals surface area contributed by atoms with E-state index in [1.165, 1.54) is 0 Å². The molecule has 0 atom stereocenters. The summed E-state index contributed by atoms with van der Waals surface area (Å²) in [5, 5.41) is 0. The fourth-order valence-electron chi connectivity index (χ4n) is 1.92. The van der Waals surface area contributed by atoms with E-state index >= 15 is 0 Å². The second-order valence-corrected chi connectivity index (χ2v) is 5.32. The van der Waals surface area contributed by atoms with Gasteiger partial charge in [0.2, 0.25) is 0 Å². The van der Waals surface area contributed by atoms with E-state index < -0.39 is 35.1 Å². The number of rotatable bonds is 6. The van der Waals surface area contributed by atoms with E-state index in [1.54, 1.807) is 6.92 Å². The van der Waals surface area contributed by atoms with Gasteiger partial charge in [-0.2, -0.15) is 17.6 Å². The molecule has 0 spiro atoms. The summed E-state index contributed by atoms with van der Waals surface area (Å²) in [6.45, 7) is 1.80. The Kier molecular flexibility index (Phi) is 5.48. The number of pyridine rings is 1. The number of esters is 1. The molecule has 0 saturated carbocycles. The number of alkyl halides is 4. The zero-order valence-corrected chi connectivity index (χ0v) is 13.7. The average Bonchev–Trinajstić information content (AvgIpc) is 2.56. The molecule has 0 bridgehead atoms. The molecule has 0 aliphatic rings. The summed E-state index contributed by atoms with van der Waals surface area (Å²) in [7, 11) is 0. The fourth-order valence-corrected chi connectivity index (χ4v) is 1.92. The van der Waals surface area contributed by atoms with E-state index in [-0.39, 0.29) is 24.8 Å². The molecule has 0 saturated heterocycles. The number of carbonyl (C=O) groups excluding carboxylic acids is 1. The van der Waals surface area contributed by atoms with Crippen LogP contribution < -0.4 is 4.74 Å². The number of ether oxygens (including phenoxy) is 2. The molecule has 1 heterocycles. The molecule has 0 amide bonds. The van der Waals surface area contributed by atoms with E-state index in [4.69, 9.17) is 9.47 Å². The quantitative estimate of drug-likeness (QED) is 0.530. The van der Waals surface area contributed by atoms with Crippen LogP contribution in [0.1, 0.15) is 29.8 Å². The SMILES string of the molecule is CCOC(=O)c1cnc(Oc2ccc(C(F)(F)C(C)(F)F)cc2)c(F)c1. The molecule has 0 radical (unpaired) electrons. The first-order chi connectivity index (χ1) is 12.1. The number of hydrogen-bond donors (Lipinski definition) is 0. The molecular formula is C17H14F5NO3. The van der Waals surface area contributed by atoms with Gasteiger partial charge in [-0.05, 0) is 37.3 Å². The van der Waals surface area contributed by atoms with Gasteiger partial charge in [-0.15, -0.1) is 0 Å². The minimum atomic E-state index is -4.36. The Bertz CT molecular complexity index is 788. The normalized spacial score (nSPS) is 12.0. The molecule has 2 aromatic rings. The minimum Gasteiger partial charge on any atom is -0.462 e. The molecule has 2 rings (SSSR count). The summed E-state index contributed by atoms with van der Waals surface area (Å²) < 4.78 is 76.8. The van der Waals surface area contributed by atoms with Crippen LogP contribution in [0.3, 0.4) is 0 Å². The van der Waals surface area contributed by atoms with Crippen LogP contribution in [-0.4, -0.2) is 23.5 Å². The second-order valence-electron chi connectivity index (χ2n) is 5.32. The van der Waals surface area contributed by atoms with Crippen molar-refractivity contribution < 1.29 is 36.2 Å². The highest BCUT2D eigenvalue weighted by molar-refractivity contribution is 5.89. The molecule has 26 heavy (non-hydrogen) atoms. The van der Waals surface area contributed by atoms with Gasteiger partial charge in [0.05, 0.1) is 12.2 Å². The van der Waals surface area contributed by atoms with Crippen LogP contribution in [0.2, 0.25) is 0 Å². The molecule has 1 aromatic carbocycles. The smallest absolute Gasteiger partial charge is 0.339 e. The zero-order chi connectivity index (χ0) is 19.5. The summed E-state index contributed by atoms with van der Waals surface area (Å²) >= 11 is 0. The Labute approximate surface area is 145 Å². The van der Waals surface area contributed by atoms with E-state index in [1.807, 2.05) is 0 Å². The van der Waals surface area contributed by atoms with Crippen molar-refractivity contribution in [1.29, 1.82) is 0 Å². The topological polar surface area (TPSA) is 48.4 Å². The van der Waals surface area contributed by atoms with Crippen molar-refractivity contribution in [2.45, 2.75) is 25.7 Å². The van der Waals surface area contributed by atoms with Gasteiger partial charge >= 0.3 is 17.8 Å². The summed E-state index contributed by atoms with van der Waals surface area (Å²) in [4.78, 5) is 15.1. The maximum atomic E-state index is 13.9. The van der Waals surface area contributed by atoms with Crippen molar-refractivity contribution in [2.75, 3.05) is 6.61 Å². The van der Waals surface area contributed by atoms with Crippen LogP contribution >= 0.6 is 0 Å². The lowest BCUT2D eigenvalue weighted by Crippen LogP contribution is -2.34. The summed E-state index contributed by atoms with van der Waals surface area (Å²) in [5.74, 6) is -11.0. The molecule has 0 unspecified atom stereocenters. The van der Waals surface area contributed by atoms with E-state index in [9.17, 15) is 26.7 Å². The second kappa shape index (κ2) is 7.27. The molecule has 4 nitrogen and oxygen atoms in total. The van der Waals surface area contributed by atoms with Gasteiger partial charge in [0.25, 0.3) is 5.88 Å². The number of aromatic nitrogens is 1. The number of carbonyl (C=O) groups is 1. The van der Waals surface area contributed by atoms with Crippen molar-refractivity contribution in [3.8, 4) is 11.6 Å². The van der Waals surface area contributed by atoms with Crippen LogP contribution in [0.5, 0.6) is 11.6 Å². The molecule has 0 aliphatic heterocycles. The van der Waals surface area contributed by atoms with Crippen LogP contribution in [0.4, 0.5) is 22.0 Å². The van der Waals surface area contributed by atoms with E-state index in [0.717, 1.165) is 36.5 Å². The fraction of sp³-hybridized carbons (Fsp3) is 0.294. The third-order valence-corrected chi connectivity index (χ3v) is 3.30. The maximum absolute atomic E-state index is 13.9. The molecule has 0 N–H and O–H groups in total.